The summed E-state index contributed by atoms with van der Waals surface area (Å²) in [4.78, 5) is 2.46. The fourth-order valence-electron chi connectivity index (χ4n) is 8.37. The van der Waals surface area contributed by atoms with Crippen LogP contribution in [0.1, 0.15) is 0 Å². The van der Waals surface area contributed by atoms with Crippen molar-refractivity contribution in [2.75, 3.05) is 4.90 Å². The topological polar surface area (TPSA) is 16.4 Å². The van der Waals surface area contributed by atoms with Crippen LogP contribution in [-0.4, -0.2) is 0 Å². The van der Waals surface area contributed by atoms with E-state index in [2.05, 4.69) is 205 Å². The summed E-state index contributed by atoms with van der Waals surface area (Å²) in [5, 5.41) is 4.82. The standard InChI is InChI=1S/C54H35NOS/c1-3-13-36(14-4-1)40-17-11-18-41(35-40)37-25-29-42(30-26-37)55(43-31-27-39(28-32-43)44-21-12-23-50-52(44)48-20-7-9-22-49(48)56-50)53-45(38-15-5-2-6-16-38)33-34-47-46-19-8-10-24-51(46)57-54(47)53/h1-35H. The molecule has 11 aromatic rings. The van der Waals surface area contributed by atoms with E-state index in [-0.39, 0.29) is 0 Å². The molecule has 0 aliphatic carbocycles. The fraction of sp³-hybridized carbons (Fsp3) is 0. The van der Waals surface area contributed by atoms with Crippen LogP contribution in [0.3, 0.4) is 0 Å². The molecule has 0 aliphatic heterocycles. The number of anilines is 3. The van der Waals surface area contributed by atoms with Gasteiger partial charge in [0.2, 0.25) is 0 Å². The first-order valence-electron chi connectivity index (χ1n) is 19.3. The van der Waals surface area contributed by atoms with E-state index in [1.807, 2.05) is 23.5 Å². The van der Waals surface area contributed by atoms with Gasteiger partial charge >= 0.3 is 0 Å². The molecule has 268 valence electrons. The lowest BCUT2D eigenvalue weighted by atomic mass is 9.97. The minimum Gasteiger partial charge on any atom is -0.456 e. The average Bonchev–Trinajstić information content (AvgIpc) is 3.87. The van der Waals surface area contributed by atoms with Crippen molar-refractivity contribution in [3.63, 3.8) is 0 Å². The van der Waals surface area contributed by atoms with Gasteiger partial charge in [0.15, 0.2) is 0 Å². The van der Waals surface area contributed by atoms with Gasteiger partial charge in [0, 0.05) is 43.2 Å². The Morgan fingerprint density at radius 3 is 1.63 bits per heavy atom. The highest BCUT2D eigenvalue weighted by Gasteiger charge is 2.23. The second-order valence-corrected chi connectivity index (χ2v) is 15.5. The molecule has 9 aromatic carbocycles. The van der Waals surface area contributed by atoms with Crippen molar-refractivity contribution in [2.24, 2.45) is 0 Å². The molecule has 0 atom stereocenters. The lowest BCUT2D eigenvalue weighted by Crippen LogP contribution is -2.11. The van der Waals surface area contributed by atoms with Crippen molar-refractivity contribution < 1.29 is 4.42 Å². The molecule has 0 amide bonds. The smallest absolute Gasteiger partial charge is 0.136 e. The monoisotopic (exact) mass is 745 g/mol. The maximum Gasteiger partial charge on any atom is 0.136 e. The van der Waals surface area contributed by atoms with Crippen molar-refractivity contribution in [3.05, 3.63) is 212 Å². The van der Waals surface area contributed by atoms with Gasteiger partial charge in [-0.2, -0.15) is 0 Å². The highest BCUT2D eigenvalue weighted by atomic mass is 32.1. The van der Waals surface area contributed by atoms with E-state index in [9.17, 15) is 0 Å². The second-order valence-electron chi connectivity index (χ2n) is 14.5. The van der Waals surface area contributed by atoms with Gasteiger partial charge in [0.25, 0.3) is 0 Å². The van der Waals surface area contributed by atoms with E-state index < -0.39 is 0 Å². The van der Waals surface area contributed by atoms with Crippen LogP contribution >= 0.6 is 11.3 Å². The third-order valence-corrected chi connectivity index (χ3v) is 12.3. The summed E-state index contributed by atoms with van der Waals surface area (Å²) in [7, 11) is 0. The van der Waals surface area contributed by atoms with Gasteiger partial charge in [0.05, 0.1) is 10.4 Å². The van der Waals surface area contributed by atoms with Crippen LogP contribution in [0.25, 0.3) is 86.6 Å². The van der Waals surface area contributed by atoms with Gasteiger partial charge in [-0.3, -0.25) is 0 Å². The Morgan fingerprint density at radius 2 is 0.895 bits per heavy atom. The molecule has 0 unspecified atom stereocenters. The van der Waals surface area contributed by atoms with Crippen LogP contribution in [0.5, 0.6) is 0 Å². The van der Waals surface area contributed by atoms with E-state index in [1.165, 1.54) is 59.2 Å². The number of furan rings is 1. The predicted octanol–water partition coefficient (Wildman–Crippen LogP) is 16.1. The maximum atomic E-state index is 6.28. The van der Waals surface area contributed by atoms with E-state index in [4.69, 9.17) is 4.42 Å². The Bertz CT molecular complexity index is 3210. The molecule has 57 heavy (non-hydrogen) atoms. The van der Waals surface area contributed by atoms with Crippen molar-refractivity contribution >= 4 is 70.5 Å². The number of hydrogen-bond donors (Lipinski definition) is 0. The molecule has 0 spiro atoms. The van der Waals surface area contributed by atoms with Crippen LogP contribution in [0.2, 0.25) is 0 Å². The minimum absolute atomic E-state index is 0.901. The van der Waals surface area contributed by atoms with Crippen molar-refractivity contribution in [2.45, 2.75) is 0 Å². The zero-order valence-corrected chi connectivity index (χ0v) is 31.8. The highest BCUT2D eigenvalue weighted by molar-refractivity contribution is 7.26. The minimum atomic E-state index is 0.901. The number of fused-ring (bicyclic) bond motifs is 6. The molecule has 0 fully saturated rings. The second kappa shape index (κ2) is 13.8. The molecule has 0 N–H and O–H groups in total. The molecular formula is C54H35NOS. The molecule has 0 saturated carbocycles. The number of thiophene rings is 1. The lowest BCUT2D eigenvalue weighted by Gasteiger charge is -2.29. The summed E-state index contributed by atoms with van der Waals surface area (Å²) in [6.07, 6.45) is 0. The number of para-hydroxylation sites is 1. The zero-order chi connectivity index (χ0) is 37.7. The first-order chi connectivity index (χ1) is 28.3. The Morgan fingerprint density at radius 1 is 0.351 bits per heavy atom. The normalized spacial score (nSPS) is 11.5. The largest absolute Gasteiger partial charge is 0.456 e. The van der Waals surface area contributed by atoms with Crippen LogP contribution in [0, 0.1) is 0 Å². The Labute approximate surface area is 335 Å². The lowest BCUT2D eigenvalue weighted by molar-refractivity contribution is 0.669. The van der Waals surface area contributed by atoms with E-state index in [0.717, 1.165) is 44.4 Å². The molecule has 0 saturated heterocycles. The SMILES string of the molecule is c1ccc(-c2cccc(-c3ccc(N(c4ccc(-c5cccc6oc7ccccc7c56)cc4)c4c(-c5ccccc5)ccc5c4sc4ccccc45)cc3)c2)cc1. The number of rotatable bonds is 7. The molecule has 0 aliphatic rings. The Kier molecular flexibility index (Phi) is 8.04. The van der Waals surface area contributed by atoms with Gasteiger partial charge in [-0.1, -0.05) is 164 Å². The van der Waals surface area contributed by atoms with Gasteiger partial charge < -0.3 is 9.32 Å². The zero-order valence-electron chi connectivity index (χ0n) is 31.0. The summed E-state index contributed by atoms with van der Waals surface area (Å²) >= 11 is 1.87. The average molecular weight is 746 g/mol. The summed E-state index contributed by atoms with van der Waals surface area (Å²) < 4.78 is 8.82. The maximum absolute atomic E-state index is 6.28. The van der Waals surface area contributed by atoms with Crippen LogP contribution in [0.4, 0.5) is 17.1 Å². The summed E-state index contributed by atoms with van der Waals surface area (Å²) in [5.74, 6) is 0. The van der Waals surface area contributed by atoms with Gasteiger partial charge in [0.1, 0.15) is 11.2 Å². The molecule has 2 aromatic heterocycles. The van der Waals surface area contributed by atoms with E-state index >= 15 is 0 Å². The third kappa shape index (κ3) is 5.80. The Balaban J connectivity index is 1.10. The molecule has 0 radical (unpaired) electrons. The first-order valence-corrected chi connectivity index (χ1v) is 20.1. The number of nitrogens with zero attached hydrogens (tertiary/aromatic N) is 1. The molecular weight excluding hydrogens is 711 g/mol. The van der Waals surface area contributed by atoms with Crippen molar-refractivity contribution in [1.29, 1.82) is 0 Å². The summed E-state index contributed by atoms with van der Waals surface area (Å²) in [5.41, 5.74) is 14.6. The van der Waals surface area contributed by atoms with Crippen LogP contribution in [0.15, 0.2) is 217 Å². The van der Waals surface area contributed by atoms with Crippen molar-refractivity contribution in [3.8, 4) is 44.5 Å². The summed E-state index contributed by atoms with van der Waals surface area (Å²) in [6, 6.07) is 76.4. The Hall–Kier alpha value is -7.20. The molecule has 3 heteroatoms. The molecule has 0 bridgehead atoms. The predicted molar refractivity (Wildman–Crippen MR) is 243 cm³/mol. The van der Waals surface area contributed by atoms with E-state index in [1.54, 1.807) is 0 Å². The number of benzene rings is 9. The number of hydrogen-bond acceptors (Lipinski definition) is 3. The van der Waals surface area contributed by atoms with Crippen molar-refractivity contribution in [1.82, 2.24) is 0 Å². The van der Waals surface area contributed by atoms with E-state index in [0.29, 0.717) is 0 Å². The molecule has 11 rings (SSSR count). The van der Waals surface area contributed by atoms with Gasteiger partial charge in [-0.25, -0.2) is 0 Å². The molecule has 2 nitrogen and oxygen atoms in total. The van der Waals surface area contributed by atoms with Crippen LogP contribution in [-0.2, 0) is 0 Å². The highest BCUT2D eigenvalue weighted by Crippen LogP contribution is 2.50. The fourth-order valence-corrected chi connectivity index (χ4v) is 9.61. The molecule has 2 heterocycles. The first kappa shape index (κ1) is 33.2. The quantitative estimate of drug-likeness (QED) is 0.162. The van der Waals surface area contributed by atoms with Gasteiger partial charge in [-0.05, 0) is 87.5 Å². The summed E-state index contributed by atoms with van der Waals surface area (Å²) in [6.45, 7) is 0. The van der Waals surface area contributed by atoms with Crippen LogP contribution < -0.4 is 4.90 Å². The third-order valence-electron chi connectivity index (χ3n) is 11.1. The van der Waals surface area contributed by atoms with Gasteiger partial charge in [-0.15, -0.1) is 11.3 Å².